The Balaban J connectivity index is 2.32. The van der Waals surface area contributed by atoms with Gasteiger partial charge in [-0.3, -0.25) is 0 Å². The topological polar surface area (TPSA) is 29.5 Å². The van der Waals surface area contributed by atoms with Crippen LogP contribution >= 0.6 is 0 Å². The summed E-state index contributed by atoms with van der Waals surface area (Å²) >= 11 is 0. The highest BCUT2D eigenvalue weighted by molar-refractivity contribution is 5.65. The molecule has 0 saturated carbocycles. The van der Waals surface area contributed by atoms with Crippen molar-refractivity contribution < 1.29 is 9.84 Å². The molecule has 0 radical (unpaired) electrons. The molecule has 0 aliphatic heterocycles. The molecule has 0 aromatic heterocycles. The van der Waals surface area contributed by atoms with Crippen LogP contribution < -0.4 is 0 Å². The van der Waals surface area contributed by atoms with Crippen LogP contribution in [-0.4, -0.2) is 25.4 Å². The van der Waals surface area contributed by atoms with Gasteiger partial charge in [0, 0.05) is 13.7 Å². The highest BCUT2D eigenvalue weighted by Crippen LogP contribution is 2.24. The molecule has 0 atom stereocenters. The van der Waals surface area contributed by atoms with Gasteiger partial charge in [-0.05, 0) is 42.0 Å². The van der Waals surface area contributed by atoms with E-state index < -0.39 is 0 Å². The maximum absolute atomic E-state index is 9.16. The lowest BCUT2D eigenvalue weighted by Crippen LogP contribution is -2.02. The third-order valence-corrected chi connectivity index (χ3v) is 3.55. The van der Waals surface area contributed by atoms with Gasteiger partial charge in [0.25, 0.3) is 0 Å². The van der Waals surface area contributed by atoms with Gasteiger partial charge in [0.05, 0.1) is 6.61 Å². The lowest BCUT2D eigenvalue weighted by Gasteiger charge is -2.11. The predicted molar refractivity (Wildman–Crippen MR) is 83.0 cm³/mol. The number of rotatable bonds is 6. The van der Waals surface area contributed by atoms with Crippen molar-refractivity contribution in [3.05, 3.63) is 59.2 Å². The molecule has 0 unspecified atom stereocenters. The van der Waals surface area contributed by atoms with Crippen LogP contribution in [0.4, 0.5) is 0 Å². The number of methoxy groups -OCH3 is 1. The molecule has 106 valence electrons. The second kappa shape index (κ2) is 7.22. The number of hydrogen-bond donors (Lipinski definition) is 1. The zero-order valence-corrected chi connectivity index (χ0v) is 12.2. The van der Waals surface area contributed by atoms with E-state index in [0.29, 0.717) is 13.0 Å². The van der Waals surface area contributed by atoms with Gasteiger partial charge in [-0.15, -0.1) is 0 Å². The first-order chi connectivity index (χ1) is 9.74. The molecule has 2 heteroatoms. The van der Waals surface area contributed by atoms with Crippen LogP contribution in [0.3, 0.4) is 0 Å². The standard InChI is InChI=1S/C18H22O2/c1-14-3-5-15(6-4-14)17-8-7-16(9-11-19)18(13-17)10-12-20-2/h3-8,13,19H,9-12H2,1-2H3. The first-order valence-corrected chi connectivity index (χ1v) is 7.03. The van der Waals surface area contributed by atoms with E-state index in [-0.39, 0.29) is 6.61 Å². The van der Waals surface area contributed by atoms with Crippen LogP contribution in [0.2, 0.25) is 0 Å². The van der Waals surface area contributed by atoms with Crippen LogP contribution in [0, 0.1) is 6.92 Å². The normalized spacial score (nSPS) is 10.8. The van der Waals surface area contributed by atoms with Crippen molar-refractivity contribution in [3.63, 3.8) is 0 Å². The first kappa shape index (κ1) is 14.8. The minimum Gasteiger partial charge on any atom is -0.396 e. The van der Waals surface area contributed by atoms with Gasteiger partial charge in [-0.1, -0.05) is 48.0 Å². The average molecular weight is 270 g/mol. The Morgan fingerprint density at radius 2 is 1.60 bits per heavy atom. The lowest BCUT2D eigenvalue weighted by molar-refractivity contribution is 0.202. The van der Waals surface area contributed by atoms with Crippen molar-refractivity contribution in [2.24, 2.45) is 0 Å². The van der Waals surface area contributed by atoms with Crippen molar-refractivity contribution in [2.45, 2.75) is 19.8 Å². The molecular formula is C18H22O2. The van der Waals surface area contributed by atoms with E-state index in [1.54, 1.807) is 7.11 Å². The number of aryl methyl sites for hydroxylation is 1. The SMILES string of the molecule is COCCc1cc(-c2ccc(C)cc2)ccc1CCO. The van der Waals surface area contributed by atoms with E-state index in [2.05, 4.69) is 49.4 Å². The molecule has 0 aliphatic carbocycles. The van der Waals surface area contributed by atoms with Crippen molar-refractivity contribution >= 4 is 0 Å². The Kier molecular flexibility index (Phi) is 5.33. The fourth-order valence-electron chi connectivity index (χ4n) is 2.36. The van der Waals surface area contributed by atoms with Gasteiger partial charge in [0.2, 0.25) is 0 Å². The molecule has 0 aliphatic rings. The number of aliphatic hydroxyl groups is 1. The van der Waals surface area contributed by atoms with Crippen LogP contribution in [0.5, 0.6) is 0 Å². The Labute approximate surface area is 121 Å². The molecule has 0 bridgehead atoms. The van der Waals surface area contributed by atoms with E-state index in [9.17, 15) is 0 Å². The zero-order chi connectivity index (χ0) is 14.4. The highest BCUT2D eigenvalue weighted by Gasteiger charge is 2.05. The summed E-state index contributed by atoms with van der Waals surface area (Å²) in [5.41, 5.74) is 6.19. The molecule has 1 N–H and O–H groups in total. The summed E-state index contributed by atoms with van der Waals surface area (Å²) < 4.78 is 5.18. The fourth-order valence-corrected chi connectivity index (χ4v) is 2.36. The molecule has 0 heterocycles. The maximum Gasteiger partial charge on any atom is 0.0502 e. The Morgan fingerprint density at radius 3 is 2.25 bits per heavy atom. The quantitative estimate of drug-likeness (QED) is 0.872. The predicted octanol–water partition coefficient (Wildman–Crippen LogP) is 3.39. The molecule has 0 spiro atoms. The summed E-state index contributed by atoms with van der Waals surface area (Å²) in [6.07, 6.45) is 1.58. The van der Waals surface area contributed by atoms with E-state index in [1.807, 2.05) is 0 Å². The monoisotopic (exact) mass is 270 g/mol. The molecule has 0 amide bonds. The third-order valence-electron chi connectivity index (χ3n) is 3.55. The van der Waals surface area contributed by atoms with Gasteiger partial charge in [-0.25, -0.2) is 0 Å². The highest BCUT2D eigenvalue weighted by atomic mass is 16.5. The van der Waals surface area contributed by atoms with Crippen molar-refractivity contribution in [1.82, 2.24) is 0 Å². The first-order valence-electron chi connectivity index (χ1n) is 7.03. The third kappa shape index (κ3) is 3.69. The minimum atomic E-state index is 0.184. The Hall–Kier alpha value is -1.64. The summed E-state index contributed by atoms with van der Waals surface area (Å²) in [6.45, 7) is 2.98. The molecular weight excluding hydrogens is 248 g/mol. The molecule has 20 heavy (non-hydrogen) atoms. The largest absolute Gasteiger partial charge is 0.396 e. The number of ether oxygens (including phenoxy) is 1. The minimum absolute atomic E-state index is 0.184. The second-order valence-electron chi connectivity index (χ2n) is 5.07. The summed E-state index contributed by atoms with van der Waals surface area (Å²) in [5.74, 6) is 0. The summed E-state index contributed by atoms with van der Waals surface area (Å²) in [7, 11) is 1.72. The molecule has 0 fully saturated rings. The smallest absolute Gasteiger partial charge is 0.0502 e. The molecule has 2 nitrogen and oxygen atoms in total. The molecule has 2 aromatic carbocycles. The number of hydrogen-bond acceptors (Lipinski definition) is 2. The van der Waals surface area contributed by atoms with Crippen molar-refractivity contribution in [1.29, 1.82) is 0 Å². The fraction of sp³-hybridized carbons (Fsp3) is 0.333. The molecule has 2 aromatic rings. The summed E-state index contributed by atoms with van der Waals surface area (Å²) in [5, 5.41) is 9.16. The summed E-state index contributed by atoms with van der Waals surface area (Å²) in [4.78, 5) is 0. The van der Waals surface area contributed by atoms with Crippen LogP contribution in [0.1, 0.15) is 16.7 Å². The maximum atomic E-state index is 9.16. The van der Waals surface area contributed by atoms with E-state index >= 15 is 0 Å². The van der Waals surface area contributed by atoms with Crippen molar-refractivity contribution in [3.8, 4) is 11.1 Å². The van der Waals surface area contributed by atoms with Crippen molar-refractivity contribution in [2.75, 3.05) is 20.3 Å². The Morgan fingerprint density at radius 1 is 0.900 bits per heavy atom. The van der Waals surface area contributed by atoms with E-state index in [1.165, 1.54) is 27.8 Å². The lowest BCUT2D eigenvalue weighted by atomic mass is 9.96. The van der Waals surface area contributed by atoms with E-state index in [0.717, 1.165) is 6.42 Å². The molecule has 0 saturated heterocycles. The zero-order valence-electron chi connectivity index (χ0n) is 12.2. The van der Waals surface area contributed by atoms with Gasteiger partial charge in [0.1, 0.15) is 0 Å². The van der Waals surface area contributed by atoms with Gasteiger partial charge in [0.15, 0.2) is 0 Å². The van der Waals surface area contributed by atoms with Gasteiger partial charge in [-0.2, -0.15) is 0 Å². The van der Waals surface area contributed by atoms with Gasteiger partial charge >= 0.3 is 0 Å². The summed E-state index contributed by atoms with van der Waals surface area (Å²) in [6, 6.07) is 15.0. The number of benzene rings is 2. The average Bonchev–Trinajstić information content (AvgIpc) is 2.47. The van der Waals surface area contributed by atoms with Crippen LogP contribution in [0.15, 0.2) is 42.5 Å². The number of aliphatic hydroxyl groups excluding tert-OH is 1. The van der Waals surface area contributed by atoms with Gasteiger partial charge < -0.3 is 9.84 Å². The van der Waals surface area contributed by atoms with Crippen LogP contribution in [0.25, 0.3) is 11.1 Å². The van der Waals surface area contributed by atoms with E-state index in [4.69, 9.17) is 9.84 Å². The Bertz CT molecular complexity index is 544. The van der Waals surface area contributed by atoms with Crippen LogP contribution in [-0.2, 0) is 17.6 Å². The second-order valence-corrected chi connectivity index (χ2v) is 5.07. The molecule has 2 rings (SSSR count).